The second-order valence-corrected chi connectivity index (χ2v) is 10.5. The molecular weight excluding hydrogens is 538 g/mol. The topological polar surface area (TPSA) is 112 Å². The molecule has 2 aliphatic carbocycles. The van der Waals surface area contributed by atoms with Crippen LogP contribution in [0, 0.1) is 13.8 Å². The number of carbonyl (C=O) groups excluding carboxylic acids is 1. The smallest absolute Gasteiger partial charge is 0.870 e. The van der Waals surface area contributed by atoms with Gasteiger partial charge in [0.25, 0.3) is 0 Å². The number of aromatic carboxylic acids is 1. The molecule has 4 rings (SSSR count). The zero-order valence-electron chi connectivity index (χ0n) is 23.2. The van der Waals surface area contributed by atoms with Crippen molar-refractivity contribution in [1.82, 2.24) is 0 Å². The molecule has 0 aliphatic heterocycles. The van der Waals surface area contributed by atoms with E-state index in [-0.39, 0.29) is 42.1 Å². The second-order valence-electron chi connectivity index (χ2n) is 9.71. The van der Waals surface area contributed by atoms with E-state index in [4.69, 9.17) is 42.5 Å². The van der Waals surface area contributed by atoms with Gasteiger partial charge in [-0.1, -0.05) is 36.0 Å². The standard InChI is InChI=1S/C15H19ClO3.C14H17ClO3.Li.H2O/c1-10-13(16)8-11(15(17)18-2)9-14(10)19-12-6-4-3-5-7-12;1-9-12(15)7-10(14(16)17)8-13(9)18-11-5-3-2-4-6-11;;/h8-9,12H,3-7H2,1-2H3;7-8,11H,2-6H2,1H3,(H,16,17);;1H2/q;;+1;/p-1. The Kier molecular flexibility index (Phi) is 15.4. The van der Waals surface area contributed by atoms with Crippen LogP contribution in [0.1, 0.15) is 96.1 Å². The molecule has 0 spiro atoms. The molecule has 0 radical (unpaired) electrons. The van der Waals surface area contributed by atoms with Crippen molar-refractivity contribution >= 4 is 35.1 Å². The van der Waals surface area contributed by atoms with Crippen molar-refractivity contribution in [3.8, 4) is 11.5 Å². The monoisotopic (exact) mass is 574 g/mol. The Bertz CT molecular complexity index is 1100. The molecule has 2 aliphatic rings. The summed E-state index contributed by atoms with van der Waals surface area (Å²) in [6, 6.07) is 6.38. The van der Waals surface area contributed by atoms with E-state index in [1.807, 2.05) is 13.8 Å². The van der Waals surface area contributed by atoms with E-state index in [0.717, 1.165) is 36.8 Å². The van der Waals surface area contributed by atoms with Crippen molar-refractivity contribution in [1.29, 1.82) is 0 Å². The van der Waals surface area contributed by atoms with Crippen LogP contribution in [-0.4, -0.2) is 41.8 Å². The Labute approximate surface area is 253 Å². The zero-order valence-corrected chi connectivity index (χ0v) is 24.7. The van der Waals surface area contributed by atoms with E-state index in [0.29, 0.717) is 27.1 Å². The number of carboxylic acid groups (broad SMARTS) is 1. The van der Waals surface area contributed by atoms with Crippen LogP contribution in [-0.2, 0) is 4.74 Å². The third-order valence-electron chi connectivity index (χ3n) is 6.95. The summed E-state index contributed by atoms with van der Waals surface area (Å²) >= 11 is 12.2. The largest absolute Gasteiger partial charge is 1.00 e. The van der Waals surface area contributed by atoms with Gasteiger partial charge in [0.1, 0.15) is 11.5 Å². The number of carbonyl (C=O) groups is 2. The van der Waals surface area contributed by atoms with E-state index in [2.05, 4.69) is 0 Å². The van der Waals surface area contributed by atoms with Gasteiger partial charge in [-0.3, -0.25) is 0 Å². The van der Waals surface area contributed by atoms with E-state index in [1.54, 1.807) is 18.2 Å². The van der Waals surface area contributed by atoms with Crippen molar-refractivity contribution in [2.45, 2.75) is 90.3 Å². The van der Waals surface area contributed by atoms with Gasteiger partial charge in [0.15, 0.2) is 0 Å². The normalized spacial score (nSPS) is 15.5. The third kappa shape index (κ3) is 10.2. The van der Waals surface area contributed by atoms with Gasteiger partial charge in [0.2, 0.25) is 0 Å². The Morgan fingerprint density at radius 2 is 1.13 bits per heavy atom. The van der Waals surface area contributed by atoms with Crippen LogP contribution < -0.4 is 28.3 Å². The molecule has 2 aromatic rings. The Morgan fingerprint density at radius 3 is 1.51 bits per heavy atom. The van der Waals surface area contributed by atoms with Gasteiger partial charge >= 0.3 is 30.8 Å². The van der Waals surface area contributed by atoms with Gasteiger partial charge < -0.3 is 24.8 Å². The molecule has 10 heteroatoms. The molecule has 7 nitrogen and oxygen atoms in total. The average molecular weight is 575 g/mol. The fourth-order valence-corrected chi connectivity index (χ4v) is 5.06. The maximum atomic E-state index is 11.6. The number of ether oxygens (including phenoxy) is 3. The number of carboxylic acids is 1. The van der Waals surface area contributed by atoms with Crippen LogP contribution in [0.5, 0.6) is 11.5 Å². The van der Waals surface area contributed by atoms with Crippen LogP contribution in [0.2, 0.25) is 10.0 Å². The summed E-state index contributed by atoms with van der Waals surface area (Å²) in [5.41, 5.74) is 2.30. The third-order valence-corrected chi connectivity index (χ3v) is 7.74. The molecule has 0 aromatic heterocycles. The second kappa shape index (κ2) is 17.0. The van der Waals surface area contributed by atoms with Gasteiger partial charge in [-0.2, -0.15) is 0 Å². The molecule has 0 saturated heterocycles. The molecular formula is C29H37Cl2LiO7. The number of methoxy groups -OCH3 is 1. The van der Waals surface area contributed by atoms with Crippen molar-refractivity contribution in [3.63, 3.8) is 0 Å². The van der Waals surface area contributed by atoms with Gasteiger partial charge in [-0.15, -0.1) is 0 Å². The predicted molar refractivity (Wildman–Crippen MR) is 148 cm³/mol. The molecule has 210 valence electrons. The average Bonchev–Trinajstić information content (AvgIpc) is 2.90. The number of hydrogen-bond donors (Lipinski definition) is 1. The predicted octanol–water partition coefficient (Wildman–Crippen LogP) is 5.03. The minimum absolute atomic E-state index is 0. The summed E-state index contributed by atoms with van der Waals surface area (Å²) in [6.07, 6.45) is 11.9. The Balaban J connectivity index is 0.000000371. The number of rotatable bonds is 6. The van der Waals surface area contributed by atoms with E-state index >= 15 is 0 Å². The molecule has 0 atom stereocenters. The van der Waals surface area contributed by atoms with Gasteiger partial charge in [-0.05, 0) is 89.5 Å². The molecule has 2 aromatic carbocycles. The molecule has 2 saturated carbocycles. The minimum atomic E-state index is -0.981. The van der Waals surface area contributed by atoms with E-state index in [9.17, 15) is 9.59 Å². The van der Waals surface area contributed by atoms with Crippen LogP contribution in [0.15, 0.2) is 24.3 Å². The molecule has 2 fully saturated rings. The fraction of sp³-hybridized carbons (Fsp3) is 0.517. The first-order chi connectivity index (χ1) is 17.7. The van der Waals surface area contributed by atoms with Gasteiger partial charge in [-0.25, -0.2) is 9.59 Å². The molecule has 39 heavy (non-hydrogen) atoms. The van der Waals surface area contributed by atoms with Crippen LogP contribution in [0.4, 0.5) is 0 Å². The molecule has 0 unspecified atom stereocenters. The first-order valence-electron chi connectivity index (χ1n) is 12.9. The van der Waals surface area contributed by atoms with E-state index < -0.39 is 11.9 Å². The number of hydrogen-bond acceptors (Lipinski definition) is 6. The summed E-state index contributed by atoms with van der Waals surface area (Å²) < 4.78 is 16.6. The van der Waals surface area contributed by atoms with Crippen molar-refractivity contribution in [2.75, 3.05) is 7.11 Å². The summed E-state index contributed by atoms with van der Waals surface area (Å²) in [5.74, 6) is -0.0765. The van der Waals surface area contributed by atoms with Gasteiger partial charge in [0, 0.05) is 21.2 Å². The molecule has 2 N–H and O–H groups in total. The van der Waals surface area contributed by atoms with Crippen LogP contribution >= 0.6 is 23.2 Å². The molecule has 0 amide bonds. The first kappa shape index (κ1) is 35.1. The quantitative estimate of drug-likeness (QED) is 0.380. The maximum absolute atomic E-state index is 11.6. The SMILES string of the molecule is COC(=O)c1cc(Cl)c(C)c(OC2CCCCC2)c1.Cc1c(Cl)cc(C(=O)O)cc1OC1CCCCC1.[Li+].[OH-]. The summed E-state index contributed by atoms with van der Waals surface area (Å²) in [7, 11) is 1.36. The van der Waals surface area contributed by atoms with Crippen molar-refractivity contribution in [3.05, 3.63) is 56.6 Å². The van der Waals surface area contributed by atoms with Crippen molar-refractivity contribution in [2.24, 2.45) is 0 Å². The maximum Gasteiger partial charge on any atom is 1.00 e. The number of benzene rings is 2. The Hall–Kier alpha value is -1.88. The molecule has 0 bridgehead atoms. The Morgan fingerprint density at radius 1 is 0.744 bits per heavy atom. The van der Waals surface area contributed by atoms with Crippen molar-refractivity contribution < 1.29 is 53.2 Å². The van der Waals surface area contributed by atoms with E-state index in [1.165, 1.54) is 51.7 Å². The zero-order chi connectivity index (χ0) is 26.9. The first-order valence-corrected chi connectivity index (χ1v) is 13.7. The van der Waals surface area contributed by atoms with Crippen LogP contribution in [0.25, 0.3) is 0 Å². The molecule has 0 heterocycles. The van der Waals surface area contributed by atoms with Crippen LogP contribution in [0.3, 0.4) is 0 Å². The summed E-state index contributed by atoms with van der Waals surface area (Å²) in [6.45, 7) is 3.76. The fourth-order valence-electron chi connectivity index (χ4n) is 4.64. The minimum Gasteiger partial charge on any atom is -0.870 e. The summed E-state index contributed by atoms with van der Waals surface area (Å²) in [4.78, 5) is 22.6. The summed E-state index contributed by atoms with van der Waals surface area (Å²) in [5, 5.41) is 10.00. The van der Waals surface area contributed by atoms with Gasteiger partial charge in [0.05, 0.1) is 30.4 Å². The number of halogens is 2. The number of esters is 1.